The third-order valence-corrected chi connectivity index (χ3v) is 7.96. The lowest BCUT2D eigenvalue weighted by Crippen LogP contribution is -2.36. The minimum atomic E-state index is -4.72. The molecule has 0 aromatic rings. The van der Waals surface area contributed by atoms with Crippen molar-refractivity contribution < 1.29 is 35.1 Å². The van der Waals surface area contributed by atoms with Crippen molar-refractivity contribution in [1.29, 1.82) is 0 Å². The van der Waals surface area contributed by atoms with Crippen LogP contribution in [-0.4, -0.2) is 63.9 Å². The van der Waals surface area contributed by atoms with E-state index in [4.69, 9.17) is 0 Å². The highest BCUT2D eigenvalue weighted by atomic mass is 32.2. The van der Waals surface area contributed by atoms with E-state index in [-0.39, 0.29) is 25.4 Å². The van der Waals surface area contributed by atoms with E-state index >= 15 is 0 Å². The molecule has 12 heteroatoms. The van der Waals surface area contributed by atoms with E-state index in [1.54, 1.807) is 0 Å². The maximum Gasteiger partial charge on any atom is 0.525 e. The van der Waals surface area contributed by atoms with Crippen molar-refractivity contribution in [2.24, 2.45) is 0 Å². The lowest BCUT2D eigenvalue weighted by atomic mass is 9.95. The molecule has 1 unspecified atom stereocenters. The van der Waals surface area contributed by atoms with Crippen LogP contribution in [0.3, 0.4) is 0 Å². The Labute approximate surface area is 185 Å². The van der Waals surface area contributed by atoms with Crippen molar-refractivity contribution in [3.8, 4) is 0 Å². The van der Waals surface area contributed by atoms with Crippen LogP contribution in [0, 0.1) is 0 Å². The number of carbonyl (C=O) groups excluding carboxylic acids is 1. The first-order valence-corrected chi connectivity index (χ1v) is 14.3. The van der Waals surface area contributed by atoms with Gasteiger partial charge in [-0.25, -0.2) is 4.79 Å². The maximum absolute atomic E-state index is 12.0. The highest BCUT2D eigenvalue weighted by Crippen LogP contribution is 2.18. The van der Waals surface area contributed by atoms with E-state index in [0.717, 1.165) is 51.4 Å². The molecule has 0 spiro atoms. The second kappa shape index (κ2) is 12.9. The van der Waals surface area contributed by atoms with Crippen molar-refractivity contribution >= 4 is 26.4 Å². The van der Waals surface area contributed by atoms with Crippen molar-refractivity contribution in [2.45, 2.75) is 94.6 Å². The molecule has 2 saturated carbocycles. The molecule has 10 nitrogen and oxygen atoms in total. The summed E-state index contributed by atoms with van der Waals surface area (Å²) < 4.78 is 65.2. The largest absolute Gasteiger partial charge is 0.525 e. The Balaban J connectivity index is 1.71. The van der Waals surface area contributed by atoms with E-state index in [0.29, 0.717) is 12.6 Å². The second-order valence-electron chi connectivity index (χ2n) is 8.38. The lowest BCUT2D eigenvalue weighted by molar-refractivity contribution is 0.0819. The molecule has 2 fully saturated rings. The number of ether oxygens (including phenoxy) is 1. The van der Waals surface area contributed by atoms with Crippen LogP contribution in [0.2, 0.25) is 0 Å². The minimum Gasteiger partial charge on any atom is -0.411 e. The molecule has 1 atom stereocenters. The van der Waals surface area contributed by atoms with E-state index in [1.165, 1.54) is 12.8 Å². The number of nitrogens with one attached hydrogen (secondary N) is 2. The predicted molar refractivity (Wildman–Crippen MR) is 116 cm³/mol. The van der Waals surface area contributed by atoms with Gasteiger partial charge in [-0.2, -0.15) is 16.8 Å². The number of hydrogen-bond donors (Lipinski definition) is 3. The lowest BCUT2D eigenvalue weighted by Gasteiger charge is -2.23. The SMILES string of the molecule is O=C(OC(CCNC1CCCCC1)S(=O)(=O)O)OS(=O)(=O)CCCNC1CCCCC1. The van der Waals surface area contributed by atoms with Gasteiger partial charge in [-0.15, -0.1) is 0 Å². The Bertz CT molecular complexity index is 745. The fourth-order valence-corrected chi connectivity index (χ4v) is 5.56. The quantitative estimate of drug-likeness (QED) is 0.163. The van der Waals surface area contributed by atoms with Crippen LogP contribution in [0.1, 0.15) is 77.0 Å². The summed E-state index contributed by atoms with van der Waals surface area (Å²) in [5, 5.41) is 6.47. The second-order valence-corrected chi connectivity index (χ2v) is 11.6. The molecular weight excluding hydrogens is 448 g/mol. The van der Waals surface area contributed by atoms with Gasteiger partial charge >= 0.3 is 26.4 Å². The number of hydrogen-bond acceptors (Lipinski definition) is 9. The van der Waals surface area contributed by atoms with Crippen molar-refractivity contribution in [3.63, 3.8) is 0 Å². The average molecular weight is 485 g/mol. The van der Waals surface area contributed by atoms with Gasteiger partial charge in [-0.3, -0.25) is 4.55 Å². The molecular formula is C19H36N2O8S2. The summed E-state index contributed by atoms with van der Waals surface area (Å²) >= 11 is 0. The normalized spacial score (nSPS) is 20.3. The van der Waals surface area contributed by atoms with Gasteiger partial charge in [-0.1, -0.05) is 38.5 Å². The molecule has 2 aliphatic carbocycles. The molecule has 0 bridgehead atoms. The topological polar surface area (TPSA) is 148 Å². The summed E-state index contributed by atoms with van der Waals surface area (Å²) in [5.74, 6) is -0.401. The zero-order chi connectivity index (χ0) is 22.7. The Hall–Kier alpha value is -0.950. The highest BCUT2D eigenvalue weighted by molar-refractivity contribution is 7.87. The summed E-state index contributed by atoms with van der Waals surface area (Å²) in [5.41, 5.74) is -1.89. The standard InChI is InChI=1S/C19H36N2O8S2/c22-19(29-30(23,24)15-7-13-20-16-8-3-1-4-9-16)28-18(31(25,26)27)12-14-21-17-10-5-2-6-11-17/h16-18,20-21H,1-15H2,(H,25,26,27). The summed E-state index contributed by atoms with van der Waals surface area (Å²) in [6, 6.07) is 0.644. The molecule has 3 N–H and O–H groups in total. The Morgan fingerprint density at radius 1 is 0.871 bits per heavy atom. The summed E-state index contributed by atoms with van der Waals surface area (Å²) in [7, 11) is -8.94. The van der Waals surface area contributed by atoms with Crippen LogP contribution < -0.4 is 10.6 Å². The van der Waals surface area contributed by atoms with Crippen LogP contribution in [0.15, 0.2) is 0 Å². The van der Waals surface area contributed by atoms with Gasteiger partial charge in [0.15, 0.2) is 0 Å². The van der Waals surface area contributed by atoms with E-state index < -0.39 is 37.6 Å². The molecule has 0 amide bonds. The fourth-order valence-electron chi connectivity index (χ4n) is 4.11. The van der Waals surface area contributed by atoms with Gasteiger partial charge in [0, 0.05) is 25.0 Å². The third-order valence-electron chi connectivity index (χ3n) is 5.78. The Morgan fingerprint density at radius 2 is 1.39 bits per heavy atom. The molecule has 182 valence electrons. The molecule has 31 heavy (non-hydrogen) atoms. The van der Waals surface area contributed by atoms with Gasteiger partial charge < -0.3 is 19.6 Å². The van der Waals surface area contributed by atoms with Gasteiger partial charge in [0.25, 0.3) is 0 Å². The Kier molecular flexibility index (Phi) is 11.0. The highest BCUT2D eigenvalue weighted by Gasteiger charge is 2.30. The number of rotatable bonds is 12. The first-order chi connectivity index (χ1) is 14.7. The average Bonchev–Trinajstić information content (AvgIpc) is 2.71. The molecule has 2 rings (SSSR count). The minimum absolute atomic E-state index is 0.196. The van der Waals surface area contributed by atoms with E-state index in [1.807, 2.05) is 0 Å². The van der Waals surface area contributed by atoms with E-state index in [2.05, 4.69) is 19.6 Å². The number of carbonyl (C=O) groups is 1. The third kappa shape index (κ3) is 11.0. The molecule has 0 aromatic carbocycles. The van der Waals surface area contributed by atoms with Crippen LogP contribution in [0.25, 0.3) is 0 Å². The van der Waals surface area contributed by atoms with Gasteiger partial charge in [0.2, 0.25) is 5.44 Å². The first kappa shape index (κ1) is 26.3. The molecule has 0 heterocycles. The molecule has 2 aliphatic rings. The van der Waals surface area contributed by atoms with Crippen LogP contribution >= 0.6 is 0 Å². The van der Waals surface area contributed by atoms with Crippen LogP contribution in [-0.2, 0) is 29.2 Å². The first-order valence-electron chi connectivity index (χ1n) is 11.2. The van der Waals surface area contributed by atoms with Crippen LogP contribution in [0.4, 0.5) is 4.79 Å². The molecule has 0 aromatic heterocycles. The zero-order valence-corrected chi connectivity index (χ0v) is 19.6. The zero-order valence-electron chi connectivity index (χ0n) is 18.0. The maximum atomic E-state index is 12.0. The summed E-state index contributed by atoms with van der Waals surface area (Å²) in [6.45, 7) is 0.671. The predicted octanol–water partition coefficient (Wildman–Crippen LogP) is 2.31. The van der Waals surface area contributed by atoms with Crippen molar-refractivity contribution in [3.05, 3.63) is 0 Å². The fraction of sp³-hybridized carbons (Fsp3) is 0.947. The molecule has 0 saturated heterocycles. The summed E-state index contributed by atoms with van der Waals surface area (Å²) in [6.07, 6.45) is 9.40. The van der Waals surface area contributed by atoms with Gasteiger partial charge in [-0.05, 0) is 38.6 Å². The van der Waals surface area contributed by atoms with Crippen LogP contribution in [0.5, 0.6) is 0 Å². The molecule has 0 aliphatic heterocycles. The van der Waals surface area contributed by atoms with Crippen molar-refractivity contribution in [2.75, 3.05) is 18.8 Å². The van der Waals surface area contributed by atoms with Gasteiger partial charge in [0.1, 0.15) is 0 Å². The monoisotopic (exact) mass is 484 g/mol. The smallest absolute Gasteiger partial charge is 0.411 e. The molecule has 0 radical (unpaired) electrons. The van der Waals surface area contributed by atoms with E-state index in [9.17, 15) is 26.2 Å². The van der Waals surface area contributed by atoms with Crippen molar-refractivity contribution in [1.82, 2.24) is 10.6 Å². The Morgan fingerprint density at radius 3 is 1.90 bits per heavy atom. The van der Waals surface area contributed by atoms with Gasteiger partial charge in [0.05, 0.1) is 5.75 Å². The summed E-state index contributed by atoms with van der Waals surface area (Å²) in [4.78, 5) is 11.8.